The maximum absolute atomic E-state index is 9.06. The third-order valence-electron chi connectivity index (χ3n) is 1.54. The van der Waals surface area contributed by atoms with E-state index in [1.54, 1.807) is 0 Å². The van der Waals surface area contributed by atoms with E-state index in [-0.39, 0.29) is 6.17 Å². The first kappa shape index (κ1) is 11.8. The SMILES string of the molecule is CC(N)NCCCC(O)C(N)O. The van der Waals surface area contributed by atoms with E-state index >= 15 is 0 Å². The third-order valence-corrected chi connectivity index (χ3v) is 1.54. The molecule has 3 atom stereocenters. The summed E-state index contributed by atoms with van der Waals surface area (Å²) in [4.78, 5) is 0. The van der Waals surface area contributed by atoms with Crippen molar-refractivity contribution in [3.05, 3.63) is 0 Å². The standard InChI is InChI=1S/C7H19N3O2/c1-5(8)10-4-2-3-6(11)7(9)12/h5-7,10-12H,2-4,8-9H2,1H3. The van der Waals surface area contributed by atoms with Crippen molar-refractivity contribution >= 4 is 0 Å². The van der Waals surface area contributed by atoms with Gasteiger partial charge in [0.15, 0.2) is 0 Å². The van der Waals surface area contributed by atoms with Crippen molar-refractivity contribution in [2.24, 2.45) is 11.5 Å². The number of nitrogens with two attached hydrogens (primary N) is 2. The lowest BCUT2D eigenvalue weighted by atomic mass is 10.2. The second-order valence-electron chi connectivity index (χ2n) is 2.94. The van der Waals surface area contributed by atoms with E-state index in [2.05, 4.69) is 5.32 Å². The largest absolute Gasteiger partial charge is 0.389 e. The van der Waals surface area contributed by atoms with Gasteiger partial charge in [-0.3, -0.25) is 0 Å². The van der Waals surface area contributed by atoms with Crippen LogP contribution in [0.5, 0.6) is 0 Å². The van der Waals surface area contributed by atoms with E-state index in [1.807, 2.05) is 6.92 Å². The third kappa shape index (κ3) is 6.51. The molecule has 0 aliphatic rings. The van der Waals surface area contributed by atoms with E-state index in [1.165, 1.54) is 0 Å². The predicted molar refractivity (Wildman–Crippen MR) is 47.1 cm³/mol. The van der Waals surface area contributed by atoms with Gasteiger partial charge >= 0.3 is 0 Å². The number of aliphatic hydroxyl groups is 2. The van der Waals surface area contributed by atoms with Gasteiger partial charge in [0.1, 0.15) is 6.23 Å². The van der Waals surface area contributed by atoms with Gasteiger partial charge in [0, 0.05) is 0 Å². The van der Waals surface area contributed by atoms with Crippen LogP contribution in [0.25, 0.3) is 0 Å². The Balaban J connectivity index is 3.20. The van der Waals surface area contributed by atoms with Gasteiger partial charge in [0.25, 0.3) is 0 Å². The van der Waals surface area contributed by atoms with Gasteiger partial charge in [-0.2, -0.15) is 0 Å². The molecule has 0 saturated carbocycles. The summed E-state index contributed by atoms with van der Waals surface area (Å²) in [5.41, 5.74) is 10.5. The van der Waals surface area contributed by atoms with Gasteiger partial charge in [-0.15, -0.1) is 0 Å². The summed E-state index contributed by atoms with van der Waals surface area (Å²) in [6.45, 7) is 2.57. The molecule has 3 unspecified atom stereocenters. The summed E-state index contributed by atoms with van der Waals surface area (Å²) >= 11 is 0. The molecule has 0 aromatic rings. The number of hydrogen-bond donors (Lipinski definition) is 5. The molecule has 0 radical (unpaired) electrons. The molecule has 7 N–H and O–H groups in total. The van der Waals surface area contributed by atoms with Crippen molar-refractivity contribution in [2.75, 3.05) is 6.54 Å². The summed E-state index contributed by atoms with van der Waals surface area (Å²) in [5.74, 6) is 0. The number of nitrogens with one attached hydrogen (secondary N) is 1. The Hall–Kier alpha value is -0.200. The van der Waals surface area contributed by atoms with Gasteiger partial charge in [0.2, 0.25) is 0 Å². The van der Waals surface area contributed by atoms with Crippen LogP contribution in [-0.4, -0.2) is 35.3 Å². The number of rotatable bonds is 6. The van der Waals surface area contributed by atoms with Crippen molar-refractivity contribution in [3.63, 3.8) is 0 Å². The Morgan fingerprint density at radius 2 is 1.92 bits per heavy atom. The lowest BCUT2D eigenvalue weighted by Gasteiger charge is -2.13. The zero-order valence-corrected chi connectivity index (χ0v) is 7.40. The number of aliphatic hydroxyl groups excluding tert-OH is 2. The molecule has 0 aromatic carbocycles. The Morgan fingerprint density at radius 1 is 1.33 bits per heavy atom. The highest BCUT2D eigenvalue weighted by atomic mass is 16.3. The molecular weight excluding hydrogens is 158 g/mol. The molecule has 0 spiro atoms. The van der Waals surface area contributed by atoms with Gasteiger partial charge in [-0.05, 0) is 26.3 Å². The second-order valence-corrected chi connectivity index (χ2v) is 2.94. The summed E-state index contributed by atoms with van der Waals surface area (Å²) in [7, 11) is 0. The summed E-state index contributed by atoms with van der Waals surface area (Å²) in [6.07, 6.45) is -0.779. The maximum Gasteiger partial charge on any atom is 0.128 e. The highest BCUT2D eigenvalue weighted by Crippen LogP contribution is 1.97. The van der Waals surface area contributed by atoms with Crippen molar-refractivity contribution in [1.29, 1.82) is 0 Å². The molecule has 0 rings (SSSR count). The van der Waals surface area contributed by atoms with Crippen molar-refractivity contribution in [3.8, 4) is 0 Å². The van der Waals surface area contributed by atoms with Crippen molar-refractivity contribution in [1.82, 2.24) is 5.32 Å². The molecule has 0 saturated heterocycles. The summed E-state index contributed by atoms with van der Waals surface area (Å²) < 4.78 is 0. The fraction of sp³-hybridized carbons (Fsp3) is 1.00. The molecule has 74 valence electrons. The molecule has 0 aliphatic heterocycles. The first-order valence-electron chi connectivity index (χ1n) is 4.14. The molecule has 0 fully saturated rings. The van der Waals surface area contributed by atoms with E-state index in [4.69, 9.17) is 21.7 Å². The van der Waals surface area contributed by atoms with E-state index in [0.29, 0.717) is 6.42 Å². The van der Waals surface area contributed by atoms with Crippen LogP contribution < -0.4 is 16.8 Å². The molecular formula is C7H19N3O2. The maximum atomic E-state index is 9.06. The van der Waals surface area contributed by atoms with Crippen LogP contribution in [0.4, 0.5) is 0 Å². The van der Waals surface area contributed by atoms with Crippen LogP contribution >= 0.6 is 0 Å². The van der Waals surface area contributed by atoms with Gasteiger partial charge < -0.3 is 27.0 Å². The first-order chi connectivity index (χ1) is 5.54. The lowest BCUT2D eigenvalue weighted by molar-refractivity contribution is 0.0177. The Bertz CT molecular complexity index is 109. The van der Waals surface area contributed by atoms with Crippen LogP contribution in [0.3, 0.4) is 0 Å². The van der Waals surface area contributed by atoms with Crippen LogP contribution in [0.15, 0.2) is 0 Å². The molecule has 0 heterocycles. The molecule has 0 aliphatic carbocycles. The fourth-order valence-electron chi connectivity index (χ4n) is 0.812. The zero-order chi connectivity index (χ0) is 9.56. The molecule has 0 amide bonds. The summed E-state index contributed by atoms with van der Waals surface area (Å²) in [6, 6.07) is 0. The average Bonchev–Trinajstić information content (AvgIpc) is 1.97. The average molecular weight is 177 g/mol. The van der Waals surface area contributed by atoms with E-state index in [9.17, 15) is 0 Å². The minimum atomic E-state index is -1.14. The smallest absolute Gasteiger partial charge is 0.128 e. The van der Waals surface area contributed by atoms with Gasteiger partial charge in [0.05, 0.1) is 12.3 Å². The van der Waals surface area contributed by atoms with Crippen LogP contribution in [0, 0.1) is 0 Å². The quantitative estimate of drug-likeness (QED) is 0.246. The van der Waals surface area contributed by atoms with E-state index in [0.717, 1.165) is 13.0 Å². The van der Waals surface area contributed by atoms with Crippen LogP contribution in [-0.2, 0) is 0 Å². The highest BCUT2D eigenvalue weighted by molar-refractivity contribution is 4.62. The minimum absolute atomic E-state index is 0.0371. The molecule has 5 nitrogen and oxygen atoms in total. The normalized spacial score (nSPS) is 18.8. The predicted octanol–water partition coefficient (Wildman–Crippen LogP) is -1.70. The minimum Gasteiger partial charge on any atom is -0.389 e. The highest BCUT2D eigenvalue weighted by Gasteiger charge is 2.09. The second kappa shape index (κ2) is 6.33. The fourth-order valence-corrected chi connectivity index (χ4v) is 0.812. The molecule has 0 aromatic heterocycles. The monoisotopic (exact) mass is 177 g/mol. The molecule has 12 heavy (non-hydrogen) atoms. The summed E-state index contributed by atoms with van der Waals surface area (Å²) in [5, 5.41) is 20.8. The van der Waals surface area contributed by atoms with Crippen molar-refractivity contribution < 1.29 is 10.2 Å². The first-order valence-corrected chi connectivity index (χ1v) is 4.14. The van der Waals surface area contributed by atoms with Gasteiger partial charge in [-0.1, -0.05) is 0 Å². The van der Waals surface area contributed by atoms with E-state index < -0.39 is 12.3 Å². The lowest BCUT2D eigenvalue weighted by Crippen LogP contribution is -2.37. The topological polar surface area (TPSA) is 105 Å². The van der Waals surface area contributed by atoms with Crippen LogP contribution in [0.2, 0.25) is 0 Å². The Kier molecular flexibility index (Phi) is 6.23. The van der Waals surface area contributed by atoms with Crippen LogP contribution in [0.1, 0.15) is 19.8 Å². The molecule has 0 bridgehead atoms. The molecule has 5 heteroatoms. The van der Waals surface area contributed by atoms with Gasteiger partial charge in [-0.25, -0.2) is 0 Å². The van der Waals surface area contributed by atoms with Crippen molar-refractivity contribution in [2.45, 2.75) is 38.3 Å². The zero-order valence-electron chi connectivity index (χ0n) is 7.40. The number of hydrogen-bond acceptors (Lipinski definition) is 5. The Labute approximate surface area is 72.7 Å². The Morgan fingerprint density at radius 3 is 2.33 bits per heavy atom.